The molecule has 0 aromatic carbocycles. The molecule has 1 atom stereocenters. The third-order valence-corrected chi connectivity index (χ3v) is 3.86. The van der Waals surface area contributed by atoms with Crippen LogP contribution >= 0.6 is 11.8 Å². The molecule has 2 rings (SSSR count). The van der Waals surface area contributed by atoms with Gasteiger partial charge in [0.25, 0.3) is 0 Å². The number of rotatable bonds is 4. The first-order valence-electron chi connectivity index (χ1n) is 6.10. The Labute approximate surface area is 116 Å². The van der Waals surface area contributed by atoms with E-state index in [0.717, 1.165) is 23.8 Å². The topological polar surface area (TPSA) is 69.6 Å². The van der Waals surface area contributed by atoms with Crippen LogP contribution in [0.2, 0.25) is 0 Å². The first-order chi connectivity index (χ1) is 9.10. The third kappa shape index (κ3) is 3.65. The van der Waals surface area contributed by atoms with Crippen LogP contribution in [0.4, 0.5) is 0 Å². The first kappa shape index (κ1) is 14.2. The zero-order chi connectivity index (χ0) is 13.8. The van der Waals surface area contributed by atoms with Gasteiger partial charge >= 0.3 is 5.97 Å². The molecular formula is C12H18N4O2S. The molecule has 0 radical (unpaired) electrons. The van der Waals surface area contributed by atoms with Gasteiger partial charge in [-0.2, -0.15) is 0 Å². The highest BCUT2D eigenvalue weighted by molar-refractivity contribution is 7.98. The van der Waals surface area contributed by atoms with E-state index in [2.05, 4.69) is 14.9 Å². The van der Waals surface area contributed by atoms with E-state index < -0.39 is 12.0 Å². The molecule has 0 spiro atoms. The number of carboxylic acid groups (broad SMARTS) is 1. The van der Waals surface area contributed by atoms with Gasteiger partial charge < -0.3 is 5.11 Å². The van der Waals surface area contributed by atoms with Crippen LogP contribution in [0.15, 0.2) is 17.6 Å². The third-order valence-electron chi connectivity index (χ3n) is 3.29. The van der Waals surface area contributed by atoms with Gasteiger partial charge in [-0.25, -0.2) is 9.97 Å². The van der Waals surface area contributed by atoms with Crippen LogP contribution in [0, 0.1) is 0 Å². The second kappa shape index (κ2) is 6.31. The maximum atomic E-state index is 11.2. The predicted octanol–water partition coefficient (Wildman–Crippen LogP) is 0.399. The van der Waals surface area contributed by atoms with Crippen LogP contribution in [0.3, 0.4) is 0 Å². The molecule has 0 saturated carbocycles. The summed E-state index contributed by atoms with van der Waals surface area (Å²) >= 11 is 1.51. The van der Waals surface area contributed by atoms with E-state index in [1.165, 1.54) is 11.8 Å². The lowest BCUT2D eigenvalue weighted by Crippen LogP contribution is -2.54. The van der Waals surface area contributed by atoms with Gasteiger partial charge in [-0.15, -0.1) is 0 Å². The average Bonchev–Trinajstić information content (AvgIpc) is 2.41. The molecule has 1 aromatic heterocycles. The molecule has 0 amide bonds. The van der Waals surface area contributed by atoms with Crippen molar-refractivity contribution in [3.8, 4) is 0 Å². The standard InChI is InChI=1S/C12H18N4O2S/c1-15-3-4-16(8-10(15)11(17)18)7-9-5-13-12(19-2)14-6-9/h5-6,10H,3-4,7-8H2,1-2H3,(H,17,18). The summed E-state index contributed by atoms with van der Waals surface area (Å²) in [5.41, 5.74) is 1.02. The number of aromatic nitrogens is 2. The molecular weight excluding hydrogens is 264 g/mol. The van der Waals surface area contributed by atoms with E-state index in [0.29, 0.717) is 13.1 Å². The normalized spacial score (nSPS) is 21.5. The van der Waals surface area contributed by atoms with Crippen molar-refractivity contribution in [3.63, 3.8) is 0 Å². The van der Waals surface area contributed by atoms with Crippen LogP contribution in [-0.4, -0.2) is 69.8 Å². The van der Waals surface area contributed by atoms with Gasteiger partial charge in [0.15, 0.2) is 5.16 Å². The van der Waals surface area contributed by atoms with Gasteiger partial charge in [0.2, 0.25) is 0 Å². The van der Waals surface area contributed by atoms with Crippen molar-refractivity contribution in [3.05, 3.63) is 18.0 Å². The Hall–Kier alpha value is -1.18. The van der Waals surface area contributed by atoms with Gasteiger partial charge in [-0.3, -0.25) is 14.6 Å². The Bertz CT molecular complexity index is 440. The minimum atomic E-state index is -0.763. The average molecular weight is 282 g/mol. The SMILES string of the molecule is CSc1ncc(CN2CCN(C)C(C(=O)O)C2)cn1. The number of aliphatic carboxylic acids is 1. The maximum Gasteiger partial charge on any atom is 0.322 e. The van der Waals surface area contributed by atoms with Gasteiger partial charge in [0.05, 0.1) is 0 Å². The summed E-state index contributed by atoms with van der Waals surface area (Å²) in [6.45, 7) is 2.87. The second-order valence-corrected chi connectivity index (χ2v) is 5.42. The first-order valence-corrected chi connectivity index (χ1v) is 7.33. The number of hydrogen-bond donors (Lipinski definition) is 1. The molecule has 1 aliphatic rings. The van der Waals surface area contributed by atoms with Crippen LogP contribution in [0.1, 0.15) is 5.56 Å². The fourth-order valence-corrected chi connectivity index (χ4v) is 2.44. The number of hydrogen-bond acceptors (Lipinski definition) is 6. The van der Waals surface area contributed by atoms with Crippen molar-refractivity contribution in [1.82, 2.24) is 19.8 Å². The van der Waals surface area contributed by atoms with E-state index in [-0.39, 0.29) is 0 Å². The van der Waals surface area contributed by atoms with E-state index in [9.17, 15) is 4.79 Å². The zero-order valence-corrected chi connectivity index (χ0v) is 11.9. The highest BCUT2D eigenvalue weighted by Crippen LogP contribution is 2.13. The molecule has 0 bridgehead atoms. The van der Waals surface area contributed by atoms with Crippen molar-refractivity contribution in [2.24, 2.45) is 0 Å². The highest BCUT2D eigenvalue weighted by atomic mass is 32.2. The molecule has 1 aliphatic heterocycles. The Balaban J connectivity index is 1.97. The van der Waals surface area contributed by atoms with Gasteiger partial charge in [-0.05, 0) is 13.3 Å². The summed E-state index contributed by atoms with van der Waals surface area (Å²) in [7, 11) is 1.85. The smallest absolute Gasteiger partial charge is 0.322 e. The van der Waals surface area contributed by atoms with Crippen LogP contribution in [-0.2, 0) is 11.3 Å². The zero-order valence-electron chi connectivity index (χ0n) is 11.1. The lowest BCUT2D eigenvalue weighted by atomic mass is 10.1. The Morgan fingerprint density at radius 1 is 1.47 bits per heavy atom. The number of carbonyl (C=O) groups is 1. The molecule has 1 saturated heterocycles. The van der Waals surface area contributed by atoms with Crippen molar-refractivity contribution >= 4 is 17.7 Å². The van der Waals surface area contributed by atoms with E-state index in [1.54, 1.807) is 0 Å². The molecule has 2 heterocycles. The maximum absolute atomic E-state index is 11.2. The number of thioether (sulfide) groups is 1. The van der Waals surface area contributed by atoms with Crippen molar-refractivity contribution in [2.75, 3.05) is 32.9 Å². The van der Waals surface area contributed by atoms with Crippen molar-refractivity contribution < 1.29 is 9.90 Å². The van der Waals surface area contributed by atoms with Crippen LogP contribution < -0.4 is 0 Å². The van der Waals surface area contributed by atoms with E-state index in [4.69, 9.17) is 5.11 Å². The van der Waals surface area contributed by atoms with Gasteiger partial charge in [-0.1, -0.05) is 11.8 Å². The van der Waals surface area contributed by atoms with E-state index >= 15 is 0 Å². The largest absolute Gasteiger partial charge is 0.480 e. The molecule has 0 aliphatic carbocycles. The minimum Gasteiger partial charge on any atom is -0.480 e. The number of nitrogens with zero attached hydrogens (tertiary/aromatic N) is 4. The van der Waals surface area contributed by atoms with Crippen LogP contribution in [0.5, 0.6) is 0 Å². The monoisotopic (exact) mass is 282 g/mol. The molecule has 6 nitrogen and oxygen atoms in total. The van der Waals surface area contributed by atoms with Crippen molar-refractivity contribution in [2.45, 2.75) is 17.7 Å². The number of piperazine rings is 1. The van der Waals surface area contributed by atoms with Crippen LogP contribution in [0.25, 0.3) is 0 Å². The Morgan fingerprint density at radius 2 is 2.16 bits per heavy atom. The lowest BCUT2D eigenvalue weighted by Gasteiger charge is -2.37. The van der Waals surface area contributed by atoms with Crippen molar-refractivity contribution in [1.29, 1.82) is 0 Å². The summed E-state index contributed by atoms with van der Waals surface area (Å²) in [6.07, 6.45) is 5.56. The van der Waals surface area contributed by atoms with Gasteiger partial charge in [0.1, 0.15) is 6.04 Å². The summed E-state index contributed by atoms with van der Waals surface area (Å²) in [6, 6.07) is -0.430. The lowest BCUT2D eigenvalue weighted by molar-refractivity contribution is -0.145. The molecule has 104 valence electrons. The molecule has 19 heavy (non-hydrogen) atoms. The van der Waals surface area contributed by atoms with E-state index in [1.807, 2.05) is 30.6 Å². The summed E-state index contributed by atoms with van der Waals surface area (Å²) in [4.78, 5) is 23.6. The quantitative estimate of drug-likeness (QED) is 0.633. The molecule has 1 fully saturated rings. The van der Waals surface area contributed by atoms with Gasteiger partial charge in [0, 0.05) is 44.1 Å². The summed E-state index contributed by atoms with van der Waals surface area (Å²) < 4.78 is 0. The highest BCUT2D eigenvalue weighted by Gasteiger charge is 2.29. The minimum absolute atomic E-state index is 0.430. The fourth-order valence-electron chi connectivity index (χ4n) is 2.13. The number of carboxylic acids is 1. The summed E-state index contributed by atoms with van der Waals surface area (Å²) in [5.74, 6) is -0.763. The fraction of sp³-hybridized carbons (Fsp3) is 0.583. The molecule has 1 N–H and O–H groups in total. The molecule has 7 heteroatoms. The Morgan fingerprint density at radius 3 is 2.74 bits per heavy atom. The Kier molecular flexibility index (Phi) is 4.73. The summed E-state index contributed by atoms with van der Waals surface area (Å²) in [5, 5.41) is 9.92. The second-order valence-electron chi connectivity index (χ2n) is 4.65. The number of likely N-dealkylation sites (N-methyl/N-ethyl adjacent to an activating group) is 1. The molecule has 1 unspecified atom stereocenters. The molecule has 1 aromatic rings. The predicted molar refractivity (Wildman–Crippen MR) is 73.1 cm³/mol.